The van der Waals surface area contributed by atoms with Crippen molar-refractivity contribution in [3.63, 3.8) is 0 Å². The largest absolute Gasteiger partial charge is 0.369 e. The molecule has 5 nitrogen and oxygen atoms in total. The molecule has 26 heavy (non-hydrogen) atoms. The Morgan fingerprint density at radius 3 is 2.23 bits per heavy atom. The number of likely N-dealkylation sites (N-methyl/N-ethyl adjacent to an activating group) is 1. The molecule has 0 aromatic heterocycles. The average molecular weight is 428 g/mol. The van der Waals surface area contributed by atoms with E-state index in [-0.39, 0.29) is 49.2 Å². The quantitative estimate of drug-likeness (QED) is 0.727. The van der Waals surface area contributed by atoms with Gasteiger partial charge in [-0.2, -0.15) is 0 Å². The molecule has 0 saturated carbocycles. The maximum absolute atomic E-state index is 12.0. The molecule has 2 rings (SSSR count). The molecule has 152 valence electrons. The molecule has 1 heterocycles. The van der Waals surface area contributed by atoms with Crippen LogP contribution in [0.15, 0.2) is 30.3 Å². The summed E-state index contributed by atoms with van der Waals surface area (Å²) in [6.07, 6.45) is 1.31. The van der Waals surface area contributed by atoms with Crippen molar-refractivity contribution in [3.05, 3.63) is 30.3 Å². The van der Waals surface area contributed by atoms with Gasteiger partial charge in [0.05, 0.1) is 0 Å². The Morgan fingerprint density at radius 1 is 1.12 bits per heavy atom. The smallest absolute Gasteiger partial charge is 0.222 e. The fraction of sp³-hybridized carbons (Fsp3) is 0.611. The van der Waals surface area contributed by atoms with Crippen LogP contribution in [0.25, 0.3) is 0 Å². The van der Waals surface area contributed by atoms with Crippen LogP contribution in [0.5, 0.6) is 0 Å². The van der Waals surface area contributed by atoms with E-state index >= 15 is 0 Å². The van der Waals surface area contributed by atoms with E-state index in [0.717, 1.165) is 45.7 Å². The first-order valence-corrected chi connectivity index (χ1v) is 8.58. The third-order valence-electron chi connectivity index (χ3n) is 4.48. The first-order valence-electron chi connectivity index (χ1n) is 8.58. The van der Waals surface area contributed by atoms with Gasteiger partial charge in [0.1, 0.15) is 0 Å². The van der Waals surface area contributed by atoms with Crippen molar-refractivity contribution in [2.45, 2.75) is 25.8 Å². The molecule has 1 aromatic rings. The van der Waals surface area contributed by atoms with Crippen molar-refractivity contribution in [1.29, 1.82) is 0 Å². The number of anilines is 1. The predicted octanol–water partition coefficient (Wildman–Crippen LogP) is 2.66. The molecule has 2 N–H and O–H groups in total. The molecule has 1 aliphatic rings. The number of nitrogens with zero attached hydrogens (tertiary/aromatic N) is 3. The molecule has 1 saturated heterocycles. The highest BCUT2D eigenvalue weighted by Gasteiger charge is 2.18. The lowest BCUT2D eigenvalue weighted by atomic mass is 10.2. The summed E-state index contributed by atoms with van der Waals surface area (Å²) < 4.78 is 0. The van der Waals surface area contributed by atoms with Crippen LogP contribution in [0.4, 0.5) is 5.69 Å². The molecule has 1 atom stereocenters. The Bertz CT molecular complexity index is 483. The number of amides is 1. The van der Waals surface area contributed by atoms with Crippen molar-refractivity contribution in [2.75, 3.05) is 51.2 Å². The molecule has 1 unspecified atom stereocenters. The van der Waals surface area contributed by atoms with Crippen molar-refractivity contribution in [2.24, 2.45) is 5.73 Å². The molecule has 0 radical (unpaired) electrons. The summed E-state index contributed by atoms with van der Waals surface area (Å²) in [5, 5.41) is 0. The van der Waals surface area contributed by atoms with Gasteiger partial charge in [-0.05, 0) is 25.5 Å². The normalized spacial score (nSPS) is 15.1. The fourth-order valence-electron chi connectivity index (χ4n) is 2.83. The van der Waals surface area contributed by atoms with Crippen LogP contribution in [0.3, 0.4) is 0 Å². The first-order chi connectivity index (χ1) is 11.1. The van der Waals surface area contributed by atoms with E-state index < -0.39 is 0 Å². The van der Waals surface area contributed by atoms with E-state index in [9.17, 15) is 4.79 Å². The van der Waals surface area contributed by atoms with Crippen molar-refractivity contribution >= 4 is 48.8 Å². The Balaban J connectivity index is 0. The van der Waals surface area contributed by atoms with Gasteiger partial charge in [-0.15, -0.1) is 37.2 Å². The lowest BCUT2D eigenvalue weighted by Gasteiger charge is -2.36. The molecular weight excluding hydrogens is 395 g/mol. The van der Waals surface area contributed by atoms with Crippen LogP contribution in [-0.2, 0) is 4.79 Å². The van der Waals surface area contributed by atoms with E-state index in [2.05, 4.69) is 40.1 Å². The van der Waals surface area contributed by atoms with E-state index in [4.69, 9.17) is 5.73 Å². The summed E-state index contributed by atoms with van der Waals surface area (Å²) in [6, 6.07) is 10.7. The highest BCUT2D eigenvalue weighted by Crippen LogP contribution is 2.15. The summed E-state index contributed by atoms with van der Waals surface area (Å²) in [5.74, 6) is 0.199. The van der Waals surface area contributed by atoms with E-state index in [0.29, 0.717) is 6.42 Å². The molecule has 0 bridgehead atoms. The van der Waals surface area contributed by atoms with E-state index in [1.54, 1.807) is 0 Å². The number of carbonyl (C=O) groups excluding carboxylic acids is 1. The van der Waals surface area contributed by atoms with E-state index in [1.807, 2.05) is 18.9 Å². The zero-order valence-electron chi connectivity index (χ0n) is 15.7. The summed E-state index contributed by atoms with van der Waals surface area (Å²) in [4.78, 5) is 18.7. The van der Waals surface area contributed by atoms with Gasteiger partial charge in [0.15, 0.2) is 0 Å². The van der Waals surface area contributed by atoms with Crippen LogP contribution in [0.2, 0.25) is 0 Å². The Morgan fingerprint density at radius 2 is 1.69 bits per heavy atom. The molecular formula is C18H33Cl3N4O. The summed E-state index contributed by atoms with van der Waals surface area (Å²) in [5.41, 5.74) is 7.01. The lowest BCUT2D eigenvalue weighted by Crippen LogP contribution is -2.48. The molecule has 8 heteroatoms. The van der Waals surface area contributed by atoms with Crippen LogP contribution < -0.4 is 10.6 Å². The molecule has 0 aliphatic carbocycles. The molecule has 1 fully saturated rings. The van der Waals surface area contributed by atoms with Gasteiger partial charge in [-0.25, -0.2) is 0 Å². The van der Waals surface area contributed by atoms with Crippen LogP contribution >= 0.6 is 37.2 Å². The summed E-state index contributed by atoms with van der Waals surface area (Å²) in [6.45, 7) is 7.89. The van der Waals surface area contributed by atoms with Crippen LogP contribution in [-0.4, -0.2) is 68.1 Å². The number of benzene rings is 1. The maximum atomic E-state index is 12.0. The van der Waals surface area contributed by atoms with Gasteiger partial charge in [0, 0.05) is 64.5 Å². The zero-order chi connectivity index (χ0) is 16.7. The third kappa shape index (κ3) is 9.28. The minimum absolute atomic E-state index is 0. The van der Waals surface area contributed by atoms with Gasteiger partial charge < -0.3 is 15.5 Å². The SMILES string of the molecule is CC(N)CCC(=O)N(C)CCN1CCN(c2ccccc2)CC1.Cl.Cl.Cl. The summed E-state index contributed by atoms with van der Waals surface area (Å²) in [7, 11) is 1.89. The maximum Gasteiger partial charge on any atom is 0.222 e. The Kier molecular flexibility index (Phi) is 15.2. The van der Waals surface area contributed by atoms with Crippen molar-refractivity contribution in [1.82, 2.24) is 9.80 Å². The number of nitrogens with two attached hydrogens (primary N) is 1. The monoisotopic (exact) mass is 426 g/mol. The number of carbonyl (C=O) groups is 1. The number of rotatable bonds is 7. The Labute approximate surface area is 176 Å². The molecule has 1 amide bonds. The van der Waals surface area contributed by atoms with Gasteiger partial charge in [0.25, 0.3) is 0 Å². The minimum Gasteiger partial charge on any atom is -0.369 e. The molecule has 0 spiro atoms. The molecule has 1 aliphatic heterocycles. The topological polar surface area (TPSA) is 52.8 Å². The zero-order valence-corrected chi connectivity index (χ0v) is 18.1. The number of piperazine rings is 1. The van der Waals surface area contributed by atoms with E-state index in [1.165, 1.54) is 5.69 Å². The van der Waals surface area contributed by atoms with Crippen LogP contribution in [0.1, 0.15) is 19.8 Å². The molecule has 1 aromatic carbocycles. The summed E-state index contributed by atoms with van der Waals surface area (Å²) >= 11 is 0. The van der Waals surface area contributed by atoms with Gasteiger partial charge in [0.2, 0.25) is 5.91 Å². The van der Waals surface area contributed by atoms with Gasteiger partial charge in [-0.1, -0.05) is 18.2 Å². The predicted molar refractivity (Wildman–Crippen MR) is 117 cm³/mol. The highest BCUT2D eigenvalue weighted by atomic mass is 35.5. The Hall–Kier alpha value is -0.720. The van der Waals surface area contributed by atoms with Crippen LogP contribution in [0, 0.1) is 0 Å². The number of para-hydroxylation sites is 1. The average Bonchev–Trinajstić information content (AvgIpc) is 2.58. The van der Waals surface area contributed by atoms with Crippen molar-refractivity contribution < 1.29 is 4.79 Å². The van der Waals surface area contributed by atoms with Gasteiger partial charge in [-0.3, -0.25) is 9.69 Å². The first kappa shape index (κ1) is 27.5. The van der Waals surface area contributed by atoms with Gasteiger partial charge >= 0.3 is 0 Å². The number of hydrogen-bond acceptors (Lipinski definition) is 4. The number of hydrogen-bond donors (Lipinski definition) is 1. The van der Waals surface area contributed by atoms with Crippen molar-refractivity contribution in [3.8, 4) is 0 Å². The minimum atomic E-state index is 0. The fourth-order valence-corrected chi connectivity index (χ4v) is 2.83. The highest BCUT2D eigenvalue weighted by molar-refractivity contribution is 5.86. The lowest BCUT2D eigenvalue weighted by molar-refractivity contribution is -0.130. The second kappa shape index (κ2) is 14.4. The standard InChI is InChI=1S/C18H30N4O.3ClH/c1-16(19)8-9-18(23)20(2)10-11-21-12-14-22(15-13-21)17-6-4-3-5-7-17;;;/h3-7,16H,8-15,19H2,1-2H3;3*1H. The second-order valence-corrected chi connectivity index (χ2v) is 6.50. The third-order valence-corrected chi connectivity index (χ3v) is 4.48. The number of halogens is 3. The second-order valence-electron chi connectivity index (χ2n) is 6.50.